The highest BCUT2D eigenvalue weighted by Crippen LogP contribution is 2.22. The Kier molecular flexibility index (Phi) is 8.79. The van der Waals surface area contributed by atoms with Crippen LogP contribution in [0, 0.1) is 25.7 Å². The van der Waals surface area contributed by atoms with Crippen LogP contribution in [0.1, 0.15) is 51.7 Å². The predicted octanol–water partition coefficient (Wildman–Crippen LogP) is 3.19. The Labute approximate surface area is 157 Å². The second kappa shape index (κ2) is 10.3. The molecule has 26 heavy (non-hydrogen) atoms. The first-order chi connectivity index (χ1) is 12.1. The van der Waals surface area contributed by atoms with Gasteiger partial charge in [0.2, 0.25) is 0 Å². The van der Waals surface area contributed by atoms with Crippen molar-refractivity contribution in [2.45, 2.75) is 66.5 Å². The average molecular weight is 363 g/mol. The van der Waals surface area contributed by atoms with E-state index in [0.717, 1.165) is 16.9 Å². The molecule has 3 unspecified atom stereocenters. The highest BCUT2D eigenvalue weighted by Gasteiger charge is 2.21. The van der Waals surface area contributed by atoms with Gasteiger partial charge in [-0.05, 0) is 44.2 Å². The maximum atomic E-state index is 12.1. The van der Waals surface area contributed by atoms with Crippen molar-refractivity contribution >= 4 is 11.7 Å². The SMILES string of the molecule is Cc1cccc(C)c1OCC(=O)NC(C)C(O)CC(C)CC(=O)C(C)C. The Morgan fingerprint density at radius 1 is 1.12 bits per heavy atom. The molecule has 1 amide bonds. The maximum Gasteiger partial charge on any atom is 0.258 e. The van der Waals surface area contributed by atoms with Gasteiger partial charge < -0.3 is 15.2 Å². The van der Waals surface area contributed by atoms with E-state index < -0.39 is 12.1 Å². The minimum absolute atomic E-state index is 0.00812. The number of aliphatic hydroxyl groups is 1. The summed E-state index contributed by atoms with van der Waals surface area (Å²) in [5.41, 5.74) is 1.96. The van der Waals surface area contributed by atoms with Gasteiger partial charge in [-0.15, -0.1) is 0 Å². The Bertz CT molecular complexity index is 592. The molecule has 0 aliphatic heterocycles. The Morgan fingerprint density at radius 3 is 2.23 bits per heavy atom. The van der Waals surface area contributed by atoms with Crippen LogP contribution in [0.4, 0.5) is 0 Å². The number of hydrogen-bond acceptors (Lipinski definition) is 4. The van der Waals surface area contributed by atoms with Crippen LogP contribution in [0.15, 0.2) is 18.2 Å². The number of ketones is 1. The van der Waals surface area contributed by atoms with E-state index in [-0.39, 0.29) is 30.1 Å². The molecule has 5 nitrogen and oxygen atoms in total. The monoisotopic (exact) mass is 363 g/mol. The second-order valence-corrected chi connectivity index (χ2v) is 7.60. The van der Waals surface area contributed by atoms with E-state index in [2.05, 4.69) is 5.32 Å². The van der Waals surface area contributed by atoms with Crippen LogP contribution in [0.25, 0.3) is 0 Å². The summed E-state index contributed by atoms with van der Waals surface area (Å²) in [6.45, 7) is 11.2. The van der Waals surface area contributed by atoms with Gasteiger partial charge >= 0.3 is 0 Å². The fourth-order valence-corrected chi connectivity index (χ4v) is 2.84. The number of aryl methyl sites for hydroxylation is 2. The van der Waals surface area contributed by atoms with Gasteiger partial charge in [0, 0.05) is 12.3 Å². The van der Waals surface area contributed by atoms with Crippen molar-refractivity contribution in [1.29, 1.82) is 0 Å². The molecule has 0 bridgehead atoms. The predicted molar refractivity (Wildman–Crippen MR) is 103 cm³/mol. The van der Waals surface area contributed by atoms with Crippen LogP contribution < -0.4 is 10.1 Å². The summed E-state index contributed by atoms with van der Waals surface area (Å²) < 4.78 is 5.63. The number of amides is 1. The first-order valence-electron chi connectivity index (χ1n) is 9.31. The fraction of sp³-hybridized carbons (Fsp3) is 0.619. The van der Waals surface area contributed by atoms with E-state index in [1.54, 1.807) is 6.92 Å². The van der Waals surface area contributed by atoms with Gasteiger partial charge in [-0.25, -0.2) is 0 Å². The molecule has 0 saturated heterocycles. The van der Waals surface area contributed by atoms with Gasteiger partial charge in [0.1, 0.15) is 11.5 Å². The van der Waals surface area contributed by atoms with Crippen LogP contribution in [-0.4, -0.2) is 35.5 Å². The first-order valence-corrected chi connectivity index (χ1v) is 9.31. The molecule has 0 aromatic heterocycles. The molecule has 2 N–H and O–H groups in total. The number of para-hydroxylation sites is 1. The highest BCUT2D eigenvalue weighted by atomic mass is 16.5. The Morgan fingerprint density at radius 2 is 1.69 bits per heavy atom. The van der Waals surface area contributed by atoms with Crippen LogP contribution in [0.3, 0.4) is 0 Å². The number of benzene rings is 1. The summed E-state index contributed by atoms with van der Waals surface area (Å²) in [6.07, 6.45) is 0.219. The number of Topliss-reactive ketones (excluding diaryl/α,β-unsaturated/α-hetero) is 1. The molecule has 0 aliphatic rings. The first kappa shape index (κ1) is 22.2. The lowest BCUT2D eigenvalue weighted by molar-refractivity contribution is -0.125. The van der Waals surface area contributed by atoms with E-state index in [1.165, 1.54) is 0 Å². The number of carbonyl (C=O) groups excluding carboxylic acids is 2. The van der Waals surface area contributed by atoms with Gasteiger partial charge in [0.25, 0.3) is 5.91 Å². The molecule has 0 spiro atoms. The molecule has 0 saturated carbocycles. The van der Waals surface area contributed by atoms with Crippen LogP contribution in [-0.2, 0) is 9.59 Å². The fourth-order valence-electron chi connectivity index (χ4n) is 2.84. The third-order valence-electron chi connectivity index (χ3n) is 4.56. The standard InChI is InChI=1S/C21H33NO4/c1-13(2)18(23)10-14(3)11-19(24)17(6)22-20(25)12-26-21-15(4)8-7-9-16(21)5/h7-9,13-14,17,19,24H,10-12H2,1-6H3,(H,22,25). The molecule has 0 fully saturated rings. The Hall–Kier alpha value is -1.88. The summed E-state index contributed by atoms with van der Waals surface area (Å²) in [5.74, 6) is 0.726. The molecule has 5 heteroatoms. The molecule has 0 heterocycles. The topological polar surface area (TPSA) is 75.6 Å². The zero-order valence-corrected chi connectivity index (χ0v) is 16.8. The number of nitrogens with one attached hydrogen (secondary N) is 1. The summed E-state index contributed by atoms with van der Waals surface area (Å²) in [6, 6.07) is 5.42. The third-order valence-corrected chi connectivity index (χ3v) is 4.56. The summed E-state index contributed by atoms with van der Waals surface area (Å²) in [7, 11) is 0. The van der Waals surface area contributed by atoms with Gasteiger partial charge in [0.05, 0.1) is 12.1 Å². The van der Waals surface area contributed by atoms with Gasteiger partial charge in [-0.1, -0.05) is 39.0 Å². The molecule has 0 radical (unpaired) electrons. The minimum atomic E-state index is -0.700. The number of aliphatic hydroxyl groups excluding tert-OH is 1. The second-order valence-electron chi connectivity index (χ2n) is 7.60. The summed E-state index contributed by atoms with van der Waals surface area (Å²) >= 11 is 0. The van der Waals surface area contributed by atoms with Crippen molar-refractivity contribution in [2.75, 3.05) is 6.61 Å². The van der Waals surface area contributed by atoms with Crippen molar-refractivity contribution < 1.29 is 19.4 Å². The molecule has 1 rings (SSSR count). The van der Waals surface area contributed by atoms with E-state index in [4.69, 9.17) is 4.74 Å². The van der Waals surface area contributed by atoms with Crippen molar-refractivity contribution in [3.8, 4) is 5.75 Å². The van der Waals surface area contributed by atoms with Crippen molar-refractivity contribution in [1.82, 2.24) is 5.32 Å². The zero-order valence-electron chi connectivity index (χ0n) is 16.8. The quantitative estimate of drug-likeness (QED) is 0.669. The van der Waals surface area contributed by atoms with Crippen LogP contribution in [0.2, 0.25) is 0 Å². The van der Waals surface area contributed by atoms with Gasteiger partial charge in [-0.3, -0.25) is 9.59 Å². The van der Waals surface area contributed by atoms with Crippen molar-refractivity contribution in [3.63, 3.8) is 0 Å². The van der Waals surface area contributed by atoms with E-state index >= 15 is 0 Å². The smallest absolute Gasteiger partial charge is 0.258 e. The highest BCUT2D eigenvalue weighted by molar-refractivity contribution is 5.80. The number of rotatable bonds is 10. The molecular weight excluding hydrogens is 330 g/mol. The molecule has 1 aromatic carbocycles. The zero-order chi connectivity index (χ0) is 19.9. The largest absolute Gasteiger partial charge is 0.483 e. The average Bonchev–Trinajstić information content (AvgIpc) is 2.53. The van der Waals surface area contributed by atoms with Crippen molar-refractivity contribution in [3.05, 3.63) is 29.3 Å². The van der Waals surface area contributed by atoms with Crippen molar-refractivity contribution in [2.24, 2.45) is 11.8 Å². The number of ether oxygens (including phenoxy) is 1. The molecular formula is C21H33NO4. The Balaban J connectivity index is 2.44. The molecule has 0 aliphatic carbocycles. The van der Waals surface area contributed by atoms with Crippen LogP contribution in [0.5, 0.6) is 5.75 Å². The van der Waals surface area contributed by atoms with Crippen LogP contribution >= 0.6 is 0 Å². The van der Waals surface area contributed by atoms with E-state index in [0.29, 0.717) is 12.8 Å². The maximum absolute atomic E-state index is 12.1. The molecule has 146 valence electrons. The minimum Gasteiger partial charge on any atom is -0.483 e. The van der Waals surface area contributed by atoms with E-state index in [9.17, 15) is 14.7 Å². The number of hydrogen-bond donors (Lipinski definition) is 2. The summed E-state index contributed by atoms with van der Waals surface area (Å²) in [5, 5.41) is 13.1. The lowest BCUT2D eigenvalue weighted by Gasteiger charge is -2.23. The van der Waals surface area contributed by atoms with Gasteiger partial charge in [-0.2, -0.15) is 0 Å². The number of carbonyl (C=O) groups is 2. The third kappa shape index (κ3) is 7.16. The molecule has 3 atom stereocenters. The van der Waals surface area contributed by atoms with Gasteiger partial charge in [0.15, 0.2) is 6.61 Å². The van der Waals surface area contributed by atoms with E-state index in [1.807, 2.05) is 52.8 Å². The lowest BCUT2D eigenvalue weighted by atomic mass is 9.92. The normalized spacial score (nSPS) is 14.6. The lowest BCUT2D eigenvalue weighted by Crippen LogP contribution is -2.43. The molecule has 1 aromatic rings. The summed E-state index contributed by atoms with van der Waals surface area (Å²) in [4.78, 5) is 23.9.